The van der Waals surface area contributed by atoms with E-state index in [1.54, 1.807) is 0 Å². The molecule has 1 aromatic rings. The van der Waals surface area contributed by atoms with Crippen LogP contribution >= 0.6 is 0 Å². The van der Waals surface area contributed by atoms with E-state index in [0.29, 0.717) is 12.1 Å². The minimum atomic E-state index is 0.604. The Bertz CT molecular complexity index is 369. The van der Waals surface area contributed by atoms with Crippen LogP contribution in [0.25, 0.3) is 5.57 Å². The van der Waals surface area contributed by atoms with Crippen molar-refractivity contribution in [3.05, 3.63) is 36.2 Å². The topological polar surface area (TPSA) is 24.9 Å². The van der Waals surface area contributed by atoms with Crippen LogP contribution in [0.4, 0.5) is 0 Å². The normalized spacial score (nSPS) is 29.7. The Hall–Kier alpha value is -1.15. The van der Waals surface area contributed by atoms with Crippen LogP contribution in [-0.4, -0.2) is 17.1 Å². The van der Waals surface area contributed by atoms with Crippen LogP contribution < -0.4 is 5.32 Å². The van der Waals surface area contributed by atoms with Gasteiger partial charge < -0.3 is 5.32 Å². The van der Waals surface area contributed by atoms with Crippen LogP contribution in [0.3, 0.4) is 0 Å². The van der Waals surface area contributed by atoms with Crippen molar-refractivity contribution >= 4 is 5.57 Å². The van der Waals surface area contributed by atoms with Crippen LogP contribution in [0.15, 0.2) is 30.6 Å². The average molecular weight is 200 g/mol. The molecule has 78 valence electrons. The summed E-state index contributed by atoms with van der Waals surface area (Å²) >= 11 is 0. The first-order valence-corrected chi connectivity index (χ1v) is 5.79. The van der Waals surface area contributed by atoms with E-state index in [1.807, 2.05) is 18.5 Å². The molecule has 2 atom stereocenters. The molecule has 3 heterocycles. The molecule has 1 N–H and O–H groups in total. The molecule has 0 unspecified atom stereocenters. The predicted octanol–water partition coefficient (Wildman–Crippen LogP) is 2.38. The number of nitrogens with zero attached hydrogens (tertiary/aromatic N) is 1. The zero-order chi connectivity index (χ0) is 10.1. The van der Waals surface area contributed by atoms with Crippen molar-refractivity contribution in [2.24, 2.45) is 0 Å². The van der Waals surface area contributed by atoms with Gasteiger partial charge in [0.05, 0.1) is 0 Å². The number of hydrogen-bond donors (Lipinski definition) is 1. The van der Waals surface area contributed by atoms with Gasteiger partial charge in [-0.3, -0.25) is 4.98 Å². The lowest BCUT2D eigenvalue weighted by Gasteiger charge is -2.35. The largest absolute Gasteiger partial charge is 0.307 e. The average Bonchev–Trinajstić information content (AvgIpc) is 2.30. The summed E-state index contributed by atoms with van der Waals surface area (Å²) in [4.78, 5) is 4.19. The summed E-state index contributed by atoms with van der Waals surface area (Å²) in [5, 5.41) is 3.66. The third kappa shape index (κ3) is 1.82. The fourth-order valence-electron chi connectivity index (χ4n) is 2.69. The Balaban J connectivity index is 1.91. The van der Waals surface area contributed by atoms with E-state index in [9.17, 15) is 0 Å². The first kappa shape index (κ1) is 9.10. The van der Waals surface area contributed by atoms with E-state index in [2.05, 4.69) is 22.4 Å². The van der Waals surface area contributed by atoms with E-state index >= 15 is 0 Å². The summed E-state index contributed by atoms with van der Waals surface area (Å²) in [6.45, 7) is 0. The van der Waals surface area contributed by atoms with Crippen molar-refractivity contribution in [1.29, 1.82) is 0 Å². The monoisotopic (exact) mass is 200 g/mol. The number of fused-ring (bicyclic) bond motifs is 2. The van der Waals surface area contributed by atoms with Gasteiger partial charge in [0, 0.05) is 24.5 Å². The summed E-state index contributed by atoms with van der Waals surface area (Å²) in [5.74, 6) is 0. The van der Waals surface area contributed by atoms with E-state index in [1.165, 1.54) is 36.8 Å². The third-order valence-electron chi connectivity index (χ3n) is 3.42. The predicted molar refractivity (Wildman–Crippen MR) is 61.4 cm³/mol. The molecule has 15 heavy (non-hydrogen) atoms. The van der Waals surface area contributed by atoms with Crippen molar-refractivity contribution in [2.75, 3.05) is 0 Å². The smallest absolute Gasteiger partial charge is 0.0342 e. The molecule has 2 heteroatoms. The van der Waals surface area contributed by atoms with E-state index in [-0.39, 0.29) is 0 Å². The van der Waals surface area contributed by atoms with Gasteiger partial charge >= 0.3 is 0 Å². The maximum absolute atomic E-state index is 4.19. The highest BCUT2D eigenvalue weighted by Crippen LogP contribution is 2.30. The quantitative estimate of drug-likeness (QED) is 0.753. The number of nitrogens with one attached hydrogen (secondary N) is 1. The van der Waals surface area contributed by atoms with Gasteiger partial charge in [0.2, 0.25) is 0 Å². The lowest BCUT2D eigenvalue weighted by Crippen LogP contribution is -2.44. The van der Waals surface area contributed by atoms with Crippen molar-refractivity contribution in [3.63, 3.8) is 0 Å². The van der Waals surface area contributed by atoms with Crippen LogP contribution in [0.2, 0.25) is 0 Å². The van der Waals surface area contributed by atoms with Crippen LogP contribution in [0, 0.1) is 0 Å². The highest BCUT2D eigenvalue weighted by Gasteiger charge is 2.25. The lowest BCUT2D eigenvalue weighted by molar-refractivity contribution is 0.348. The molecule has 3 rings (SSSR count). The fourth-order valence-corrected chi connectivity index (χ4v) is 2.69. The number of pyridine rings is 1. The molecule has 2 nitrogen and oxygen atoms in total. The molecule has 2 aliphatic rings. The minimum absolute atomic E-state index is 0.604. The molecule has 2 aliphatic heterocycles. The van der Waals surface area contributed by atoms with Crippen molar-refractivity contribution in [1.82, 2.24) is 10.3 Å². The Labute approximate surface area is 90.4 Å². The Morgan fingerprint density at radius 2 is 2.33 bits per heavy atom. The molecule has 0 aliphatic carbocycles. The maximum Gasteiger partial charge on any atom is 0.0342 e. The Morgan fingerprint density at radius 3 is 3.13 bits per heavy atom. The highest BCUT2D eigenvalue weighted by molar-refractivity contribution is 5.67. The van der Waals surface area contributed by atoms with Gasteiger partial charge in [0.15, 0.2) is 0 Å². The van der Waals surface area contributed by atoms with Crippen molar-refractivity contribution in [2.45, 2.75) is 37.8 Å². The maximum atomic E-state index is 4.19. The third-order valence-corrected chi connectivity index (χ3v) is 3.42. The zero-order valence-electron chi connectivity index (χ0n) is 8.82. The SMILES string of the molecule is C1=C(c2cccnc2)C[C@H]2CCC[C@H]1N2. The first-order chi connectivity index (χ1) is 7.42. The molecule has 1 saturated heterocycles. The zero-order valence-corrected chi connectivity index (χ0v) is 8.82. The van der Waals surface area contributed by atoms with Crippen LogP contribution in [-0.2, 0) is 0 Å². The molecule has 0 radical (unpaired) electrons. The van der Waals surface area contributed by atoms with Crippen LogP contribution in [0.1, 0.15) is 31.2 Å². The molecular formula is C13H16N2. The lowest BCUT2D eigenvalue weighted by atomic mass is 9.85. The van der Waals surface area contributed by atoms with Gasteiger partial charge in [-0.15, -0.1) is 0 Å². The molecular weight excluding hydrogens is 184 g/mol. The molecule has 1 aromatic heterocycles. The second kappa shape index (κ2) is 3.78. The van der Waals surface area contributed by atoms with Gasteiger partial charge in [-0.2, -0.15) is 0 Å². The van der Waals surface area contributed by atoms with E-state index < -0.39 is 0 Å². The fraction of sp³-hybridized carbons (Fsp3) is 0.462. The van der Waals surface area contributed by atoms with Gasteiger partial charge in [-0.1, -0.05) is 18.6 Å². The molecule has 0 aromatic carbocycles. The number of piperidine rings is 1. The second-order valence-corrected chi connectivity index (χ2v) is 4.54. The minimum Gasteiger partial charge on any atom is -0.307 e. The Kier molecular flexibility index (Phi) is 2.29. The van der Waals surface area contributed by atoms with Gasteiger partial charge in [0.25, 0.3) is 0 Å². The molecule has 0 amide bonds. The van der Waals surface area contributed by atoms with Gasteiger partial charge in [-0.05, 0) is 36.5 Å². The van der Waals surface area contributed by atoms with E-state index in [0.717, 1.165) is 0 Å². The summed E-state index contributed by atoms with van der Waals surface area (Å²) in [7, 11) is 0. The number of hydrogen-bond acceptors (Lipinski definition) is 2. The highest BCUT2D eigenvalue weighted by atomic mass is 15.0. The van der Waals surface area contributed by atoms with Crippen molar-refractivity contribution < 1.29 is 0 Å². The van der Waals surface area contributed by atoms with E-state index in [4.69, 9.17) is 0 Å². The molecule has 0 saturated carbocycles. The summed E-state index contributed by atoms with van der Waals surface area (Å²) in [5.41, 5.74) is 2.78. The second-order valence-electron chi connectivity index (χ2n) is 4.54. The molecule has 1 fully saturated rings. The summed E-state index contributed by atoms with van der Waals surface area (Å²) in [6, 6.07) is 5.49. The Morgan fingerprint density at radius 1 is 1.33 bits per heavy atom. The number of aromatic nitrogens is 1. The molecule has 2 bridgehead atoms. The standard InChI is InChI=1S/C13H16N2/c1-4-12-7-11(8-13(5-1)15-12)10-3-2-6-14-9-10/h2-3,6-7,9,12-13,15H,1,4-5,8H2/t12-,13-/m1/s1. The van der Waals surface area contributed by atoms with Gasteiger partial charge in [-0.25, -0.2) is 0 Å². The van der Waals surface area contributed by atoms with Crippen molar-refractivity contribution in [3.8, 4) is 0 Å². The molecule has 0 spiro atoms. The summed E-state index contributed by atoms with van der Waals surface area (Å²) in [6.07, 6.45) is 11.4. The van der Waals surface area contributed by atoms with Gasteiger partial charge in [0.1, 0.15) is 0 Å². The summed E-state index contributed by atoms with van der Waals surface area (Å²) < 4.78 is 0. The number of rotatable bonds is 1. The van der Waals surface area contributed by atoms with Crippen LogP contribution in [0.5, 0.6) is 0 Å². The first-order valence-electron chi connectivity index (χ1n) is 5.79.